The van der Waals surface area contributed by atoms with Gasteiger partial charge in [-0.1, -0.05) is 45.0 Å². The van der Waals surface area contributed by atoms with Gasteiger partial charge in [-0.3, -0.25) is 4.79 Å². The maximum Gasteiger partial charge on any atom is 0.251 e. The van der Waals surface area contributed by atoms with Crippen LogP contribution in [0.4, 0.5) is 13.2 Å². The van der Waals surface area contributed by atoms with Crippen LogP contribution < -0.4 is 10.6 Å². The Bertz CT molecular complexity index is 921. The minimum atomic E-state index is -1.25. The fourth-order valence-electron chi connectivity index (χ4n) is 3.80. The molecule has 0 saturated carbocycles. The van der Waals surface area contributed by atoms with E-state index in [1.165, 1.54) is 5.56 Å². The van der Waals surface area contributed by atoms with E-state index in [2.05, 4.69) is 43.5 Å². The Morgan fingerprint density at radius 3 is 2.21 bits per heavy atom. The van der Waals surface area contributed by atoms with Gasteiger partial charge in [0.1, 0.15) is 11.6 Å². The van der Waals surface area contributed by atoms with Crippen molar-refractivity contribution in [2.45, 2.75) is 65.1 Å². The Labute approximate surface area is 194 Å². The summed E-state index contributed by atoms with van der Waals surface area (Å²) in [6, 6.07) is 10.3. The molecule has 0 heterocycles. The zero-order valence-electron chi connectivity index (χ0n) is 20.0. The van der Waals surface area contributed by atoms with Gasteiger partial charge in [0.05, 0.1) is 12.1 Å². The molecule has 7 heteroatoms. The molecule has 0 saturated heterocycles. The summed E-state index contributed by atoms with van der Waals surface area (Å²) >= 11 is 0. The van der Waals surface area contributed by atoms with Gasteiger partial charge in [0, 0.05) is 18.2 Å². The van der Waals surface area contributed by atoms with Crippen LogP contribution in [0.25, 0.3) is 0 Å². The smallest absolute Gasteiger partial charge is 0.251 e. The number of hydrogen-bond donors (Lipinski definition) is 3. The predicted molar refractivity (Wildman–Crippen MR) is 125 cm³/mol. The summed E-state index contributed by atoms with van der Waals surface area (Å²) in [5, 5.41) is 16.5. The summed E-state index contributed by atoms with van der Waals surface area (Å²) in [6.45, 7) is 9.31. The van der Waals surface area contributed by atoms with E-state index in [9.17, 15) is 23.1 Å². The van der Waals surface area contributed by atoms with Gasteiger partial charge < -0.3 is 15.7 Å². The molecule has 2 aromatic rings. The van der Waals surface area contributed by atoms with E-state index in [1.807, 2.05) is 26.0 Å². The van der Waals surface area contributed by atoms with Gasteiger partial charge in [-0.25, -0.2) is 13.2 Å². The largest absolute Gasteiger partial charge is 0.390 e. The molecule has 0 fully saturated rings. The van der Waals surface area contributed by atoms with E-state index < -0.39 is 41.9 Å². The number of alkyl halides is 1. The Morgan fingerprint density at radius 1 is 1.00 bits per heavy atom. The molecule has 0 aliphatic carbocycles. The number of hydrogen-bond acceptors (Lipinski definition) is 3. The maximum atomic E-state index is 13.6. The Morgan fingerprint density at radius 2 is 1.64 bits per heavy atom. The van der Waals surface area contributed by atoms with Gasteiger partial charge in [0.25, 0.3) is 5.91 Å². The van der Waals surface area contributed by atoms with Crippen LogP contribution in [0.15, 0.2) is 42.5 Å². The van der Waals surface area contributed by atoms with Crippen LogP contribution in [-0.2, 0) is 23.2 Å². The second-order valence-electron chi connectivity index (χ2n) is 10.3. The van der Waals surface area contributed by atoms with Crippen molar-refractivity contribution in [2.24, 2.45) is 5.41 Å². The zero-order valence-corrected chi connectivity index (χ0v) is 20.0. The van der Waals surface area contributed by atoms with Crippen molar-refractivity contribution < 1.29 is 23.1 Å². The molecule has 2 aromatic carbocycles. The Kier molecular flexibility index (Phi) is 9.09. The van der Waals surface area contributed by atoms with Crippen LogP contribution in [0.3, 0.4) is 0 Å². The van der Waals surface area contributed by atoms with Gasteiger partial charge in [-0.2, -0.15) is 0 Å². The van der Waals surface area contributed by atoms with E-state index in [4.69, 9.17) is 0 Å². The number of halogens is 3. The van der Waals surface area contributed by atoms with Crippen molar-refractivity contribution >= 4 is 5.91 Å². The number of aliphatic hydroxyl groups is 1. The first-order valence-corrected chi connectivity index (χ1v) is 11.1. The van der Waals surface area contributed by atoms with E-state index in [0.29, 0.717) is 0 Å². The van der Waals surface area contributed by atoms with Gasteiger partial charge in [-0.05, 0) is 60.9 Å². The molecule has 0 spiro atoms. The molecule has 3 N–H and O–H groups in total. The molecular formula is C26H35F3N2O2. The summed E-state index contributed by atoms with van der Waals surface area (Å²) < 4.78 is 39.9. The first-order chi connectivity index (χ1) is 15.3. The first kappa shape index (κ1) is 26.9. The molecular weight excluding hydrogens is 429 g/mol. The van der Waals surface area contributed by atoms with Crippen molar-refractivity contribution in [3.63, 3.8) is 0 Å². The molecule has 2 atom stereocenters. The molecule has 0 aromatic heterocycles. The van der Waals surface area contributed by atoms with Crippen molar-refractivity contribution in [1.29, 1.82) is 0 Å². The van der Waals surface area contributed by atoms with Crippen molar-refractivity contribution in [3.8, 4) is 0 Å². The third kappa shape index (κ3) is 8.82. The number of amides is 1. The number of carbonyl (C=O) groups excluding carboxylic acids is 1. The minimum absolute atomic E-state index is 0.0508. The number of carbonyl (C=O) groups is 1. The summed E-state index contributed by atoms with van der Waals surface area (Å²) in [6.07, 6.45) is -0.255. The highest BCUT2D eigenvalue weighted by atomic mass is 19.1. The highest BCUT2D eigenvalue weighted by molar-refractivity contribution is 5.77. The molecule has 182 valence electrons. The van der Waals surface area contributed by atoms with Gasteiger partial charge in [-0.15, -0.1) is 0 Å². The van der Waals surface area contributed by atoms with Crippen LogP contribution in [0.1, 0.15) is 51.3 Å². The lowest BCUT2D eigenvalue weighted by atomic mass is 9.85. The number of benzene rings is 2. The lowest BCUT2D eigenvalue weighted by molar-refractivity contribution is -0.123. The van der Waals surface area contributed by atoms with E-state index >= 15 is 0 Å². The minimum Gasteiger partial charge on any atom is -0.390 e. The number of nitrogens with one attached hydrogen (secondary N) is 2. The quantitative estimate of drug-likeness (QED) is 0.487. The monoisotopic (exact) mass is 464 g/mol. The fraction of sp³-hybridized carbons (Fsp3) is 0.500. The summed E-state index contributed by atoms with van der Waals surface area (Å²) in [5.74, 6) is -2.42. The number of aliphatic hydroxyl groups excluding tert-OH is 1. The van der Waals surface area contributed by atoms with Gasteiger partial charge >= 0.3 is 0 Å². The third-order valence-electron chi connectivity index (χ3n) is 5.45. The van der Waals surface area contributed by atoms with Crippen molar-refractivity contribution in [1.82, 2.24) is 10.6 Å². The molecule has 4 nitrogen and oxygen atoms in total. The average molecular weight is 465 g/mol. The van der Waals surface area contributed by atoms with Gasteiger partial charge in [0.15, 0.2) is 6.67 Å². The summed E-state index contributed by atoms with van der Waals surface area (Å²) in [5.41, 5.74) is 2.13. The Balaban J connectivity index is 2.13. The van der Waals surface area contributed by atoms with Crippen molar-refractivity contribution in [3.05, 3.63) is 70.8 Å². The molecule has 0 aliphatic rings. The lowest BCUT2D eigenvalue weighted by Gasteiger charge is -2.32. The van der Waals surface area contributed by atoms with Gasteiger partial charge in [0.2, 0.25) is 0 Å². The molecule has 0 aliphatic heterocycles. The Hall–Kier alpha value is -2.38. The van der Waals surface area contributed by atoms with E-state index in [-0.39, 0.29) is 23.9 Å². The topological polar surface area (TPSA) is 61.4 Å². The SMILES string of the molecule is CC(C)(C)Cc1cccc(C(C)(C)NCC(O)C(Cc2cc(F)cc(F)c2)NC(=O)CF)c1. The molecule has 2 unspecified atom stereocenters. The van der Waals surface area contributed by atoms with Crippen molar-refractivity contribution in [2.75, 3.05) is 13.2 Å². The summed E-state index contributed by atoms with van der Waals surface area (Å²) in [7, 11) is 0. The van der Waals surface area contributed by atoms with E-state index in [1.54, 1.807) is 0 Å². The average Bonchev–Trinajstić information content (AvgIpc) is 2.69. The fourth-order valence-corrected chi connectivity index (χ4v) is 3.80. The standard InChI is InChI=1S/C26H35F3N2O2/c1-25(2,3)14-17-7-6-8-19(9-17)26(4,5)30-16-23(32)22(31-24(33)15-27)12-18-10-20(28)13-21(29)11-18/h6-11,13,22-23,30,32H,12,14-16H2,1-5H3,(H,31,33). The maximum absolute atomic E-state index is 13.6. The lowest BCUT2D eigenvalue weighted by Crippen LogP contribution is -2.51. The second kappa shape index (κ2) is 11.2. The van der Waals surface area contributed by atoms with Crippen LogP contribution in [0.5, 0.6) is 0 Å². The van der Waals surface area contributed by atoms with E-state index in [0.717, 1.165) is 30.2 Å². The normalized spacial score (nSPS) is 14.1. The molecule has 33 heavy (non-hydrogen) atoms. The predicted octanol–water partition coefficient (Wildman–Crippen LogP) is 4.44. The number of rotatable bonds is 10. The molecule has 1 amide bonds. The highest BCUT2D eigenvalue weighted by Crippen LogP contribution is 2.25. The summed E-state index contributed by atoms with van der Waals surface area (Å²) in [4.78, 5) is 11.7. The molecule has 0 radical (unpaired) electrons. The first-order valence-electron chi connectivity index (χ1n) is 11.1. The molecule has 0 bridgehead atoms. The highest BCUT2D eigenvalue weighted by Gasteiger charge is 2.27. The van der Waals surface area contributed by atoms with Crippen LogP contribution in [-0.4, -0.2) is 36.4 Å². The van der Waals surface area contributed by atoms with Crippen LogP contribution in [0, 0.1) is 17.0 Å². The second-order valence-corrected chi connectivity index (χ2v) is 10.3. The zero-order chi connectivity index (χ0) is 24.8. The van der Waals surface area contributed by atoms with Crippen LogP contribution >= 0.6 is 0 Å². The third-order valence-corrected chi connectivity index (χ3v) is 5.45. The molecule has 2 rings (SSSR count). The van der Waals surface area contributed by atoms with Crippen LogP contribution in [0.2, 0.25) is 0 Å².